The van der Waals surface area contributed by atoms with Gasteiger partial charge in [-0.05, 0) is 59.4 Å². The van der Waals surface area contributed by atoms with Crippen LogP contribution in [0.1, 0.15) is 62.1 Å². The third kappa shape index (κ3) is 6.24. The summed E-state index contributed by atoms with van der Waals surface area (Å²) in [4.78, 5) is 16.7. The van der Waals surface area contributed by atoms with Crippen molar-refractivity contribution in [2.45, 2.75) is 51.9 Å². The molecule has 0 bridgehead atoms. The number of esters is 1. The number of unbranched alkanes of at least 4 members (excludes halogenated alkanes) is 5. The predicted octanol–water partition coefficient (Wildman–Crippen LogP) is 8.25. The molecule has 0 unspecified atom stereocenters. The topological polar surface area (TPSA) is 38.7 Å². The molecule has 0 saturated carbocycles. The van der Waals surface area contributed by atoms with Crippen LogP contribution in [0.25, 0.3) is 17.2 Å². The van der Waals surface area contributed by atoms with Crippen molar-refractivity contribution in [1.29, 1.82) is 0 Å². The van der Waals surface area contributed by atoms with E-state index >= 15 is 0 Å². The lowest BCUT2D eigenvalue weighted by Gasteiger charge is -2.06. The Hall–Kier alpha value is -3.17. The van der Waals surface area contributed by atoms with Gasteiger partial charge < -0.3 is 4.74 Å². The summed E-state index contributed by atoms with van der Waals surface area (Å²) >= 11 is 6.19. The second kappa shape index (κ2) is 11.8. The van der Waals surface area contributed by atoms with E-state index in [1.165, 1.54) is 49.7 Å². The molecule has 174 valence electrons. The highest BCUT2D eigenvalue weighted by Gasteiger charge is 2.24. The normalized spacial score (nSPS) is 14.4. The number of hydrogen-bond acceptors (Lipinski definition) is 3. The zero-order valence-electron chi connectivity index (χ0n) is 19.6. The van der Waals surface area contributed by atoms with E-state index in [-0.39, 0.29) is 5.70 Å². The van der Waals surface area contributed by atoms with Crippen LogP contribution < -0.4 is 0 Å². The average molecular weight is 472 g/mol. The number of rotatable bonds is 10. The number of carbonyl (C=O) groups is 1. The number of benzene rings is 3. The van der Waals surface area contributed by atoms with Gasteiger partial charge in [0.25, 0.3) is 0 Å². The van der Waals surface area contributed by atoms with Crippen molar-refractivity contribution in [3.05, 3.63) is 100 Å². The van der Waals surface area contributed by atoms with Crippen LogP contribution in [-0.2, 0) is 16.0 Å². The minimum Gasteiger partial charge on any atom is -0.402 e. The summed E-state index contributed by atoms with van der Waals surface area (Å²) < 4.78 is 5.40. The standard InChI is InChI=1S/C30H30ClNO2/c1-2-3-4-5-6-7-10-22-13-15-23(16-14-22)24-17-19-25(20-18-24)29-32-28(30(33)34-29)21-26-11-8-9-12-27(26)31/h8-9,11-21H,2-7,10H2,1H3/b28-21-. The van der Waals surface area contributed by atoms with Crippen LogP contribution in [0.2, 0.25) is 5.02 Å². The Morgan fingerprint density at radius 2 is 1.41 bits per heavy atom. The van der Waals surface area contributed by atoms with Crippen LogP contribution in [0.5, 0.6) is 0 Å². The molecule has 0 N–H and O–H groups in total. The van der Waals surface area contributed by atoms with E-state index in [4.69, 9.17) is 16.3 Å². The molecule has 4 heteroatoms. The SMILES string of the molecule is CCCCCCCCc1ccc(-c2ccc(C3=N/C(=C\c4ccccc4Cl)C(=O)O3)cc2)cc1. The zero-order valence-corrected chi connectivity index (χ0v) is 20.4. The van der Waals surface area contributed by atoms with Gasteiger partial charge in [0.2, 0.25) is 5.90 Å². The third-order valence-corrected chi connectivity index (χ3v) is 6.40. The molecule has 0 amide bonds. The fraction of sp³-hybridized carbons (Fsp3) is 0.267. The number of aryl methyl sites for hydroxylation is 1. The molecule has 34 heavy (non-hydrogen) atoms. The molecule has 0 atom stereocenters. The van der Waals surface area contributed by atoms with Crippen LogP contribution in [0.4, 0.5) is 0 Å². The highest BCUT2D eigenvalue weighted by molar-refractivity contribution is 6.32. The van der Waals surface area contributed by atoms with Crippen LogP contribution in [0.3, 0.4) is 0 Å². The smallest absolute Gasteiger partial charge is 0.363 e. The van der Waals surface area contributed by atoms with Crippen LogP contribution in [0.15, 0.2) is 83.5 Å². The number of nitrogens with zero attached hydrogens (tertiary/aromatic N) is 1. The number of aliphatic imine (C=N–C) groups is 1. The summed E-state index contributed by atoms with van der Waals surface area (Å²) in [7, 11) is 0. The Labute approximate surface area is 207 Å². The molecule has 1 aliphatic heterocycles. The van der Waals surface area contributed by atoms with E-state index in [0.29, 0.717) is 10.9 Å². The second-order valence-corrected chi connectivity index (χ2v) is 9.06. The number of halogens is 1. The Balaban J connectivity index is 1.38. The van der Waals surface area contributed by atoms with E-state index < -0.39 is 5.97 Å². The summed E-state index contributed by atoms with van der Waals surface area (Å²) in [6.45, 7) is 2.25. The Kier molecular flexibility index (Phi) is 8.32. The van der Waals surface area contributed by atoms with E-state index in [1.807, 2.05) is 42.5 Å². The maximum Gasteiger partial charge on any atom is 0.363 e. The van der Waals surface area contributed by atoms with Gasteiger partial charge in [-0.3, -0.25) is 0 Å². The first-order valence-corrected chi connectivity index (χ1v) is 12.5. The monoisotopic (exact) mass is 471 g/mol. The molecule has 1 heterocycles. The minimum absolute atomic E-state index is 0.244. The van der Waals surface area contributed by atoms with Gasteiger partial charge in [0.05, 0.1) is 0 Å². The summed E-state index contributed by atoms with van der Waals surface area (Å²) in [5, 5.41) is 0.564. The first-order chi connectivity index (χ1) is 16.6. The lowest BCUT2D eigenvalue weighted by atomic mass is 10.00. The molecule has 0 radical (unpaired) electrons. The molecule has 4 rings (SSSR count). The van der Waals surface area contributed by atoms with Crippen molar-refractivity contribution >= 4 is 29.5 Å². The fourth-order valence-corrected chi connectivity index (χ4v) is 4.24. The third-order valence-electron chi connectivity index (χ3n) is 6.06. The van der Waals surface area contributed by atoms with Gasteiger partial charge in [0, 0.05) is 10.6 Å². The second-order valence-electron chi connectivity index (χ2n) is 8.65. The highest BCUT2D eigenvalue weighted by atomic mass is 35.5. The summed E-state index contributed by atoms with van der Waals surface area (Å²) in [6, 6.07) is 24.1. The van der Waals surface area contributed by atoms with Gasteiger partial charge in [0.15, 0.2) is 5.70 Å². The van der Waals surface area contributed by atoms with Crippen molar-refractivity contribution in [3.63, 3.8) is 0 Å². The van der Waals surface area contributed by atoms with Gasteiger partial charge in [-0.2, -0.15) is 0 Å². The van der Waals surface area contributed by atoms with E-state index in [0.717, 1.165) is 23.1 Å². The van der Waals surface area contributed by atoms with Crippen molar-refractivity contribution in [2.75, 3.05) is 0 Å². The van der Waals surface area contributed by atoms with Crippen molar-refractivity contribution in [1.82, 2.24) is 0 Å². The Morgan fingerprint density at radius 1 is 0.794 bits per heavy atom. The van der Waals surface area contributed by atoms with E-state index in [9.17, 15) is 4.79 Å². The zero-order chi connectivity index (χ0) is 23.8. The summed E-state index contributed by atoms with van der Waals surface area (Å²) in [6.07, 6.45) is 10.7. The maximum absolute atomic E-state index is 12.3. The van der Waals surface area contributed by atoms with Crippen LogP contribution in [0, 0.1) is 0 Å². The molecule has 0 saturated heterocycles. The molecule has 3 aromatic rings. The summed E-state index contributed by atoms with van der Waals surface area (Å²) in [5.74, 6) is -0.163. The van der Waals surface area contributed by atoms with E-state index in [2.05, 4.69) is 36.2 Å². The predicted molar refractivity (Wildman–Crippen MR) is 141 cm³/mol. The molecule has 3 aromatic carbocycles. The largest absolute Gasteiger partial charge is 0.402 e. The van der Waals surface area contributed by atoms with Gasteiger partial charge in [-0.15, -0.1) is 0 Å². The highest BCUT2D eigenvalue weighted by Crippen LogP contribution is 2.25. The lowest BCUT2D eigenvalue weighted by Crippen LogP contribution is -2.05. The number of hydrogen-bond donors (Lipinski definition) is 0. The Bertz CT molecular complexity index is 1180. The van der Waals surface area contributed by atoms with Gasteiger partial charge in [-0.1, -0.05) is 105 Å². The molecule has 3 nitrogen and oxygen atoms in total. The van der Waals surface area contributed by atoms with Crippen molar-refractivity contribution in [3.8, 4) is 11.1 Å². The van der Waals surface area contributed by atoms with Gasteiger partial charge in [0.1, 0.15) is 0 Å². The van der Waals surface area contributed by atoms with E-state index in [1.54, 1.807) is 12.1 Å². The minimum atomic E-state index is -0.472. The number of carbonyl (C=O) groups excluding carboxylic acids is 1. The number of cyclic esters (lactones) is 1. The molecule has 1 aliphatic rings. The first kappa shape index (κ1) is 24.0. The molecular weight excluding hydrogens is 442 g/mol. The fourth-order valence-electron chi connectivity index (χ4n) is 4.05. The molecule has 0 aliphatic carbocycles. The van der Waals surface area contributed by atoms with Gasteiger partial charge in [-0.25, -0.2) is 9.79 Å². The Morgan fingerprint density at radius 3 is 2.12 bits per heavy atom. The molecular formula is C30H30ClNO2. The molecule has 0 aromatic heterocycles. The van der Waals surface area contributed by atoms with Gasteiger partial charge >= 0.3 is 5.97 Å². The molecule has 0 spiro atoms. The molecule has 0 fully saturated rings. The van der Waals surface area contributed by atoms with Crippen LogP contribution in [-0.4, -0.2) is 11.9 Å². The van der Waals surface area contributed by atoms with Crippen molar-refractivity contribution in [2.24, 2.45) is 4.99 Å². The van der Waals surface area contributed by atoms with Crippen molar-refractivity contribution < 1.29 is 9.53 Å². The number of ether oxygens (including phenoxy) is 1. The van der Waals surface area contributed by atoms with Crippen LogP contribution >= 0.6 is 11.6 Å². The average Bonchev–Trinajstić information content (AvgIpc) is 3.23. The quantitative estimate of drug-likeness (QED) is 0.169. The first-order valence-electron chi connectivity index (χ1n) is 12.1. The lowest BCUT2D eigenvalue weighted by molar-refractivity contribution is -0.129. The maximum atomic E-state index is 12.3. The summed E-state index contributed by atoms with van der Waals surface area (Å²) in [5.41, 5.74) is 5.42.